The van der Waals surface area contributed by atoms with Crippen molar-refractivity contribution in [1.29, 1.82) is 0 Å². The average molecular weight is 432 g/mol. The molecule has 28 heavy (non-hydrogen) atoms. The molecule has 0 aromatic heterocycles. The zero-order chi connectivity index (χ0) is 21.3. The maximum absolute atomic E-state index is 15.6. The Kier molecular flexibility index (Phi) is 3.58. The standard InChI is InChI=1S/C16H12F12/c17-12(13(18,19)16(26,27)28)8-4-7(9-5-1-2-6(3-5)10(8)9)11(12,14(20,21)22)15(23,24)25/h1-2,5-10H,3-4H2. The molecule has 4 aliphatic carbocycles. The Bertz CT molecular complexity index is 699. The van der Waals surface area contributed by atoms with E-state index in [0.717, 1.165) is 0 Å². The van der Waals surface area contributed by atoms with Crippen LogP contribution in [0.1, 0.15) is 12.8 Å². The molecule has 0 spiro atoms. The van der Waals surface area contributed by atoms with Gasteiger partial charge in [0.2, 0.25) is 11.1 Å². The van der Waals surface area contributed by atoms with Crippen LogP contribution in [0, 0.1) is 40.9 Å². The number of alkyl halides is 12. The molecule has 3 fully saturated rings. The monoisotopic (exact) mass is 432 g/mol. The van der Waals surface area contributed by atoms with Gasteiger partial charge in [0.15, 0.2) is 0 Å². The van der Waals surface area contributed by atoms with Crippen molar-refractivity contribution in [2.24, 2.45) is 40.9 Å². The van der Waals surface area contributed by atoms with Gasteiger partial charge in [0, 0.05) is 5.92 Å². The van der Waals surface area contributed by atoms with E-state index >= 15 is 4.39 Å². The lowest BCUT2D eigenvalue weighted by atomic mass is 9.53. The van der Waals surface area contributed by atoms with Gasteiger partial charge in [-0.2, -0.15) is 48.3 Å². The highest BCUT2D eigenvalue weighted by molar-refractivity contribution is 5.34. The van der Waals surface area contributed by atoms with Crippen molar-refractivity contribution in [3.8, 4) is 0 Å². The van der Waals surface area contributed by atoms with Crippen LogP contribution in [-0.4, -0.2) is 30.1 Å². The van der Waals surface area contributed by atoms with Gasteiger partial charge in [-0.3, -0.25) is 0 Å². The van der Waals surface area contributed by atoms with Gasteiger partial charge in [0.05, 0.1) is 0 Å². The van der Waals surface area contributed by atoms with Crippen LogP contribution in [0.15, 0.2) is 12.2 Å². The third kappa shape index (κ3) is 1.80. The Balaban J connectivity index is 2.04. The zero-order valence-electron chi connectivity index (χ0n) is 13.6. The second-order valence-corrected chi connectivity index (χ2v) is 8.14. The van der Waals surface area contributed by atoms with Crippen LogP contribution in [0.25, 0.3) is 0 Å². The van der Waals surface area contributed by atoms with Crippen LogP contribution in [0.3, 0.4) is 0 Å². The molecular weight excluding hydrogens is 420 g/mol. The Morgan fingerprint density at radius 3 is 1.46 bits per heavy atom. The lowest BCUT2D eigenvalue weighted by Gasteiger charge is -2.56. The van der Waals surface area contributed by atoms with Crippen LogP contribution in [0.5, 0.6) is 0 Å². The summed E-state index contributed by atoms with van der Waals surface area (Å²) in [4.78, 5) is 0. The van der Waals surface area contributed by atoms with Gasteiger partial charge in [0.1, 0.15) is 0 Å². The third-order valence-electron chi connectivity index (χ3n) is 7.37. The van der Waals surface area contributed by atoms with Crippen molar-refractivity contribution < 1.29 is 52.7 Å². The number of hydrogen-bond donors (Lipinski definition) is 0. The summed E-state index contributed by atoms with van der Waals surface area (Å²) in [6.07, 6.45) is -18.9. The average Bonchev–Trinajstić information content (AvgIpc) is 3.19. The highest BCUT2D eigenvalue weighted by Gasteiger charge is 2.99. The molecule has 0 saturated heterocycles. The summed E-state index contributed by atoms with van der Waals surface area (Å²) >= 11 is 0. The fourth-order valence-electron chi connectivity index (χ4n) is 6.76. The van der Waals surface area contributed by atoms with E-state index in [0.29, 0.717) is 0 Å². The first-order chi connectivity index (χ1) is 12.4. The van der Waals surface area contributed by atoms with E-state index in [1.807, 2.05) is 0 Å². The predicted molar refractivity (Wildman–Crippen MR) is 68.7 cm³/mol. The molecule has 0 N–H and O–H groups in total. The second-order valence-electron chi connectivity index (χ2n) is 8.14. The number of allylic oxidation sites excluding steroid dienone is 2. The minimum absolute atomic E-state index is 0.0296. The summed E-state index contributed by atoms with van der Waals surface area (Å²) < 4.78 is 166. The zero-order valence-corrected chi connectivity index (χ0v) is 13.6. The fourth-order valence-corrected chi connectivity index (χ4v) is 6.76. The number of rotatable bonds is 1. The van der Waals surface area contributed by atoms with Crippen LogP contribution >= 0.6 is 0 Å². The molecule has 0 aliphatic heterocycles. The summed E-state index contributed by atoms with van der Waals surface area (Å²) in [5.41, 5.74) is -11.7. The van der Waals surface area contributed by atoms with Gasteiger partial charge >= 0.3 is 24.5 Å². The third-order valence-corrected chi connectivity index (χ3v) is 7.37. The Hall–Kier alpha value is -1.10. The summed E-state index contributed by atoms with van der Waals surface area (Å²) in [6, 6.07) is 0. The fraction of sp³-hybridized carbons (Fsp3) is 0.875. The second kappa shape index (κ2) is 4.96. The van der Waals surface area contributed by atoms with Gasteiger partial charge in [-0.25, -0.2) is 4.39 Å². The minimum Gasteiger partial charge on any atom is -0.235 e. The topological polar surface area (TPSA) is 0 Å². The summed E-state index contributed by atoms with van der Waals surface area (Å²) in [5.74, 6) is -16.7. The maximum Gasteiger partial charge on any atom is 0.456 e. The molecule has 0 heterocycles. The van der Waals surface area contributed by atoms with Crippen LogP contribution in [-0.2, 0) is 0 Å². The largest absolute Gasteiger partial charge is 0.456 e. The van der Waals surface area contributed by atoms with E-state index in [-0.39, 0.29) is 6.42 Å². The van der Waals surface area contributed by atoms with E-state index in [4.69, 9.17) is 0 Å². The molecule has 12 heteroatoms. The minimum atomic E-state index is -6.92. The molecule has 160 valence electrons. The highest BCUT2D eigenvalue weighted by atomic mass is 19.4. The van der Waals surface area contributed by atoms with Crippen LogP contribution < -0.4 is 0 Å². The van der Waals surface area contributed by atoms with Crippen LogP contribution in [0.2, 0.25) is 0 Å². The molecular formula is C16H12F12. The van der Waals surface area contributed by atoms with Crippen molar-refractivity contribution in [3.05, 3.63) is 12.2 Å². The molecule has 0 radical (unpaired) electrons. The van der Waals surface area contributed by atoms with Crippen LogP contribution in [0.4, 0.5) is 52.7 Å². The molecule has 0 amide bonds. The molecule has 4 rings (SSSR count). The van der Waals surface area contributed by atoms with E-state index in [1.165, 1.54) is 12.2 Å². The number of fused-ring (bicyclic) bond motifs is 9. The summed E-state index contributed by atoms with van der Waals surface area (Å²) in [5, 5.41) is 0. The Morgan fingerprint density at radius 2 is 1.07 bits per heavy atom. The molecule has 4 bridgehead atoms. The lowest BCUT2D eigenvalue weighted by Crippen LogP contribution is -2.76. The van der Waals surface area contributed by atoms with Gasteiger partial charge in [-0.1, -0.05) is 12.2 Å². The first-order valence-electron chi connectivity index (χ1n) is 8.39. The van der Waals surface area contributed by atoms with E-state index < -0.39 is 77.5 Å². The summed E-state index contributed by atoms with van der Waals surface area (Å²) in [7, 11) is 0. The molecule has 0 nitrogen and oxygen atoms in total. The lowest BCUT2D eigenvalue weighted by molar-refractivity contribution is -0.449. The number of hydrogen-bond acceptors (Lipinski definition) is 0. The molecule has 4 aliphatic rings. The van der Waals surface area contributed by atoms with Gasteiger partial charge in [0.25, 0.3) is 0 Å². The number of halogens is 12. The SMILES string of the molecule is FC(F)(F)C(F)(F)C1(F)C2CC(C3C4C=CC(C4)C32)C1(C(F)(F)F)C(F)(F)F. The van der Waals surface area contributed by atoms with E-state index in [9.17, 15) is 48.3 Å². The van der Waals surface area contributed by atoms with Crippen molar-refractivity contribution in [3.63, 3.8) is 0 Å². The van der Waals surface area contributed by atoms with Crippen molar-refractivity contribution in [2.75, 3.05) is 0 Å². The molecule has 0 aromatic rings. The Morgan fingerprint density at radius 1 is 0.643 bits per heavy atom. The molecule has 7 unspecified atom stereocenters. The predicted octanol–water partition coefficient (Wildman–Crippen LogP) is 6.09. The first-order valence-corrected chi connectivity index (χ1v) is 8.39. The first kappa shape index (κ1) is 20.2. The Labute approximate surface area is 149 Å². The molecule has 7 atom stereocenters. The van der Waals surface area contributed by atoms with Gasteiger partial charge < -0.3 is 0 Å². The maximum atomic E-state index is 15.6. The van der Waals surface area contributed by atoms with Crippen molar-refractivity contribution in [1.82, 2.24) is 0 Å². The van der Waals surface area contributed by atoms with Gasteiger partial charge in [-0.05, 0) is 42.4 Å². The molecule has 0 aromatic carbocycles. The summed E-state index contributed by atoms with van der Waals surface area (Å²) in [6.45, 7) is 0. The quantitative estimate of drug-likeness (QED) is 0.267. The van der Waals surface area contributed by atoms with E-state index in [1.54, 1.807) is 0 Å². The van der Waals surface area contributed by atoms with Gasteiger partial charge in [-0.15, -0.1) is 0 Å². The smallest absolute Gasteiger partial charge is 0.235 e. The van der Waals surface area contributed by atoms with Crippen molar-refractivity contribution in [2.45, 2.75) is 43.0 Å². The normalized spacial score (nSPS) is 44.4. The highest BCUT2D eigenvalue weighted by Crippen LogP contribution is 2.83. The molecule has 3 saturated carbocycles. The van der Waals surface area contributed by atoms with Crippen molar-refractivity contribution >= 4 is 0 Å². The van der Waals surface area contributed by atoms with E-state index in [2.05, 4.69) is 0 Å².